The Labute approximate surface area is 117 Å². The number of benzene rings is 2. The van der Waals surface area contributed by atoms with E-state index in [2.05, 4.69) is 22.8 Å². The molecule has 0 saturated carbocycles. The van der Waals surface area contributed by atoms with Crippen LogP contribution in [0.2, 0.25) is 0 Å². The molecule has 4 nitrogen and oxygen atoms in total. The van der Waals surface area contributed by atoms with E-state index in [-0.39, 0.29) is 18.5 Å². The maximum Gasteiger partial charge on any atom is 0.238 e. The van der Waals surface area contributed by atoms with E-state index in [1.54, 1.807) is 7.11 Å². The summed E-state index contributed by atoms with van der Waals surface area (Å²) >= 11 is 0. The predicted molar refractivity (Wildman–Crippen MR) is 77.9 cm³/mol. The van der Waals surface area contributed by atoms with Gasteiger partial charge in [-0.3, -0.25) is 10.1 Å². The molecule has 4 heteroatoms. The molecule has 2 aromatic carbocycles. The standard InChI is InChI=1S/C16H16N2O2/c1-20-12-7-8-14-13(9-12)16(17-10-15(19)18-14)11-5-3-2-4-6-11/h2-9,16-17H,10H2,1H3,(H,18,19). The fourth-order valence-corrected chi connectivity index (χ4v) is 2.46. The van der Waals surface area contributed by atoms with Crippen LogP contribution in [0.4, 0.5) is 5.69 Å². The highest BCUT2D eigenvalue weighted by molar-refractivity contribution is 5.94. The highest BCUT2D eigenvalue weighted by Gasteiger charge is 2.23. The molecule has 2 N–H and O–H groups in total. The molecule has 102 valence electrons. The summed E-state index contributed by atoms with van der Waals surface area (Å²) in [6.45, 7) is 0.288. The second-order valence-electron chi connectivity index (χ2n) is 4.73. The van der Waals surface area contributed by atoms with Gasteiger partial charge in [-0.05, 0) is 23.8 Å². The first-order chi connectivity index (χ1) is 9.78. The zero-order chi connectivity index (χ0) is 13.9. The number of carbonyl (C=O) groups excluding carboxylic acids is 1. The summed E-state index contributed by atoms with van der Waals surface area (Å²) < 4.78 is 5.29. The van der Waals surface area contributed by atoms with Crippen molar-refractivity contribution in [1.82, 2.24) is 5.32 Å². The number of hydrogen-bond acceptors (Lipinski definition) is 3. The summed E-state index contributed by atoms with van der Waals surface area (Å²) in [6.07, 6.45) is 0. The van der Waals surface area contributed by atoms with Crippen molar-refractivity contribution < 1.29 is 9.53 Å². The van der Waals surface area contributed by atoms with Crippen molar-refractivity contribution in [3.05, 3.63) is 59.7 Å². The smallest absolute Gasteiger partial charge is 0.238 e. The average Bonchev–Trinajstić information content (AvgIpc) is 2.65. The van der Waals surface area contributed by atoms with Crippen molar-refractivity contribution >= 4 is 11.6 Å². The first-order valence-corrected chi connectivity index (χ1v) is 6.54. The molecule has 0 bridgehead atoms. The Morgan fingerprint density at radius 2 is 1.95 bits per heavy atom. The largest absolute Gasteiger partial charge is 0.497 e. The Balaban J connectivity index is 2.10. The van der Waals surface area contributed by atoms with E-state index in [1.807, 2.05) is 36.4 Å². The van der Waals surface area contributed by atoms with E-state index in [0.717, 1.165) is 22.6 Å². The van der Waals surface area contributed by atoms with Crippen LogP contribution in [-0.2, 0) is 4.79 Å². The van der Waals surface area contributed by atoms with Gasteiger partial charge in [-0.1, -0.05) is 30.3 Å². The molecule has 1 heterocycles. The molecule has 1 amide bonds. The van der Waals surface area contributed by atoms with E-state index in [1.165, 1.54) is 0 Å². The van der Waals surface area contributed by atoms with Crippen LogP contribution in [0.3, 0.4) is 0 Å². The van der Waals surface area contributed by atoms with Gasteiger partial charge in [0.2, 0.25) is 5.91 Å². The van der Waals surface area contributed by atoms with E-state index < -0.39 is 0 Å². The summed E-state index contributed by atoms with van der Waals surface area (Å²) in [5, 5.41) is 6.20. The molecule has 1 aliphatic rings. The van der Waals surface area contributed by atoms with Crippen molar-refractivity contribution in [1.29, 1.82) is 0 Å². The number of rotatable bonds is 2. The van der Waals surface area contributed by atoms with Crippen molar-refractivity contribution in [2.45, 2.75) is 6.04 Å². The summed E-state index contributed by atoms with van der Waals surface area (Å²) in [5.74, 6) is 0.748. The Morgan fingerprint density at radius 3 is 2.70 bits per heavy atom. The lowest BCUT2D eigenvalue weighted by atomic mass is 9.97. The summed E-state index contributed by atoms with van der Waals surface area (Å²) in [6, 6.07) is 15.8. The first-order valence-electron chi connectivity index (χ1n) is 6.54. The highest BCUT2D eigenvalue weighted by Crippen LogP contribution is 2.32. The molecule has 20 heavy (non-hydrogen) atoms. The Morgan fingerprint density at radius 1 is 1.15 bits per heavy atom. The fraction of sp³-hybridized carbons (Fsp3) is 0.188. The van der Waals surface area contributed by atoms with Crippen LogP contribution in [0.1, 0.15) is 17.2 Å². The lowest BCUT2D eigenvalue weighted by Gasteiger charge is -2.19. The number of anilines is 1. The lowest BCUT2D eigenvalue weighted by molar-refractivity contribution is -0.115. The molecule has 0 radical (unpaired) electrons. The van der Waals surface area contributed by atoms with Crippen molar-refractivity contribution in [3.63, 3.8) is 0 Å². The molecule has 0 saturated heterocycles. The second-order valence-corrected chi connectivity index (χ2v) is 4.73. The number of nitrogens with one attached hydrogen (secondary N) is 2. The topological polar surface area (TPSA) is 50.4 Å². The summed E-state index contributed by atoms with van der Waals surface area (Å²) in [7, 11) is 1.64. The summed E-state index contributed by atoms with van der Waals surface area (Å²) in [4.78, 5) is 11.8. The number of fused-ring (bicyclic) bond motifs is 1. The molecular formula is C16H16N2O2. The van der Waals surface area contributed by atoms with Crippen LogP contribution in [0.25, 0.3) is 0 Å². The van der Waals surface area contributed by atoms with Crippen LogP contribution >= 0.6 is 0 Å². The number of carbonyl (C=O) groups is 1. The van der Waals surface area contributed by atoms with Crippen LogP contribution in [0.5, 0.6) is 5.75 Å². The molecule has 0 spiro atoms. The number of amides is 1. The lowest BCUT2D eigenvalue weighted by Crippen LogP contribution is -2.27. The van der Waals surface area contributed by atoms with Crippen molar-refractivity contribution in [3.8, 4) is 5.75 Å². The number of ether oxygens (including phenoxy) is 1. The van der Waals surface area contributed by atoms with E-state index >= 15 is 0 Å². The van der Waals surface area contributed by atoms with Crippen LogP contribution in [-0.4, -0.2) is 19.6 Å². The maximum absolute atomic E-state index is 11.8. The van der Waals surface area contributed by atoms with Gasteiger partial charge in [-0.2, -0.15) is 0 Å². The van der Waals surface area contributed by atoms with Gasteiger partial charge in [0.05, 0.1) is 19.7 Å². The van der Waals surface area contributed by atoms with E-state index in [4.69, 9.17) is 4.74 Å². The van der Waals surface area contributed by atoms with Gasteiger partial charge in [-0.25, -0.2) is 0 Å². The molecule has 1 atom stereocenters. The monoisotopic (exact) mass is 268 g/mol. The third kappa shape index (κ3) is 2.38. The highest BCUT2D eigenvalue weighted by atomic mass is 16.5. The second kappa shape index (κ2) is 5.35. The molecule has 1 aliphatic heterocycles. The minimum Gasteiger partial charge on any atom is -0.497 e. The quantitative estimate of drug-likeness (QED) is 0.879. The van der Waals surface area contributed by atoms with Gasteiger partial charge in [0.25, 0.3) is 0 Å². The van der Waals surface area contributed by atoms with Crippen molar-refractivity contribution in [2.75, 3.05) is 19.0 Å². The van der Waals surface area contributed by atoms with Gasteiger partial charge < -0.3 is 10.1 Å². The first kappa shape index (κ1) is 12.7. The van der Waals surface area contributed by atoms with Crippen molar-refractivity contribution in [2.24, 2.45) is 0 Å². The fourth-order valence-electron chi connectivity index (χ4n) is 2.46. The molecule has 0 aromatic heterocycles. The normalized spacial score (nSPS) is 17.9. The molecule has 0 aliphatic carbocycles. The zero-order valence-electron chi connectivity index (χ0n) is 11.2. The third-order valence-electron chi connectivity index (χ3n) is 3.44. The molecule has 1 unspecified atom stereocenters. The average molecular weight is 268 g/mol. The Bertz CT molecular complexity index is 626. The van der Waals surface area contributed by atoms with Gasteiger partial charge in [0, 0.05) is 11.3 Å². The molecule has 3 rings (SSSR count). The Hall–Kier alpha value is -2.33. The number of hydrogen-bond donors (Lipinski definition) is 2. The van der Waals surface area contributed by atoms with Gasteiger partial charge in [0.1, 0.15) is 5.75 Å². The zero-order valence-corrected chi connectivity index (χ0v) is 11.2. The molecular weight excluding hydrogens is 252 g/mol. The van der Waals surface area contributed by atoms with E-state index in [0.29, 0.717) is 0 Å². The number of methoxy groups -OCH3 is 1. The van der Waals surface area contributed by atoms with Crippen LogP contribution in [0, 0.1) is 0 Å². The Kier molecular flexibility index (Phi) is 3.39. The molecule has 0 fully saturated rings. The predicted octanol–water partition coefficient (Wildman–Crippen LogP) is 2.33. The summed E-state index contributed by atoms with van der Waals surface area (Å²) in [5.41, 5.74) is 2.97. The van der Waals surface area contributed by atoms with Crippen LogP contribution in [0.15, 0.2) is 48.5 Å². The van der Waals surface area contributed by atoms with Gasteiger partial charge in [-0.15, -0.1) is 0 Å². The maximum atomic E-state index is 11.8. The minimum atomic E-state index is -0.0325. The van der Waals surface area contributed by atoms with Gasteiger partial charge in [0.15, 0.2) is 0 Å². The van der Waals surface area contributed by atoms with E-state index in [9.17, 15) is 4.79 Å². The molecule has 2 aromatic rings. The van der Waals surface area contributed by atoms with Crippen LogP contribution < -0.4 is 15.4 Å². The minimum absolute atomic E-state index is 0.0275. The van der Waals surface area contributed by atoms with Gasteiger partial charge >= 0.3 is 0 Å². The SMILES string of the molecule is COc1ccc2c(c1)C(c1ccccc1)NCC(=O)N2. The third-order valence-corrected chi connectivity index (χ3v) is 3.44.